The number of halogens is 1. The van der Waals surface area contributed by atoms with Crippen LogP contribution in [0.2, 0.25) is 5.02 Å². The monoisotopic (exact) mass is 329 g/mol. The largest absolute Gasteiger partial charge is 0.335 e. The number of aryl methyl sites for hydroxylation is 1. The molecule has 0 aliphatic carbocycles. The lowest BCUT2D eigenvalue weighted by molar-refractivity contribution is 0.699. The Morgan fingerprint density at radius 3 is 3.09 bits per heavy atom. The van der Waals surface area contributed by atoms with E-state index in [1.165, 1.54) is 0 Å². The fourth-order valence-electron chi connectivity index (χ4n) is 3.24. The molecule has 3 heterocycles. The molecule has 1 atom stereocenters. The van der Waals surface area contributed by atoms with Gasteiger partial charge in [-0.15, -0.1) is 0 Å². The zero-order chi connectivity index (χ0) is 16.0. The molecular formula is C16H16ClN5O. The lowest BCUT2D eigenvalue weighted by Gasteiger charge is -2.25. The maximum atomic E-state index is 12.3. The summed E-state index contributed by atoms with van der Waals surface area (Å²) in [4.78, 5) is 21.9. The molecule has 3 aromatic rings. The smallest absolute Gasteiger partial charge is 0.263 e. The lowest BCUT2D eigenvalue weighted by atomic mass is 10.1. The number of fused-ring (bicyclic) bond motifs is 1. The number of nitrogens with zero attached hydrogens (tertiary/aromatic N) is 4. The van der Waals surface area contributed by atoms with Gasteiger partial charge < -0.3 is 4.90 Å². The van der Waals surface area contributed by atoms with Crippen molar-refractivity contribution in [2.75, 3.05) is 11.4 Å². The van der Waals surface area contributed by atoms with E-state index in [-0.39, 0.29) is 11.6 Å². The van der Waals surface area contributed by atoms with Crippen molar-refractivity contribution in [1.82, 2.24) is 19.7 Å². The Balaban J connectivity index is 1.80. The molecule has 1 aliphatic heterocycles. The SMILES string of the molecule is Cn1ncc2c(=O)[nH]c(N3CCC[C@H]3c3cccc(Cl)c3)nc21. The molecule has 0 amide bonds. The third kappa shape index (κ3) is 2.39. The highest BCUT2D eigenvalue weighted by atomic mass is 35.5. The summed E-state index contributed by atoms with van der Waals surface area (Å²) < 4.78 is 1.62. The number of aromatic amines is 1. The Labute approximate surface area is 137 Å². The number of H-pyrrole nitrogens is 1. The van der Waals surface area contributed by atoms with Gasteiger partial charge in [0.05, 0.1) is 12.2 Å². The highest BCUT2D eigenvalue weighted by Crippen LogP contribution is 2.35. The predicted octanol–water partition coefficient (Wildman–Crippen LogP) is 2.65. The van der Waals surface area contributed by atoms with Crippen LogP contribution in [0.1, 0.15) is 24.4 Å². The minimum absolute atomic E-state index is 0.158. The second-order valence-electron chi connectivity index (χ2n) is 5.80. The molecule has 7 heteroatoms. The van der Waals surface area contributed by atoms with Gasteiger partial charge in [0.15, 0.2) is 5.65 Å². The average Bonchev–Trinajstić information content (AvgIpc) is 3.15. The standard InChI is InChI=1S/C16H16ClN5O/c1-21-14-12(9-18-21)15(23)20-16(19-14)22-7-3-6-13(22)10-4-2-5-11(17)8-10/h2,4-5,8-9,13H,3,6-7H2,1H3,(H,19,20,23)/t13-/m0/s1. The van der Waals surface area contributed by atoms with E-state index < -0.39 is 0 Å². The Morgan fingerprint density at radius 2 is 2.26 bits per heavy atom. The van der Waals surface area contributed by atoms with E-state index in [9.17, 15) is 4.79 Å². The summed E-state index contributed by atoms with van der Waals surface area (Å²) in [6, 6.07) is 8.03. The highest BCUT2D eigenvalue weighted by molar-refractivity contribution is 6.30. The molecule has 6 nitrogen and oxygen atoms in total. The molecule has 1 saturated heterocycles. The first kappa shape index (κ1) is 14.3. The molecule has 2 aromatic heterocycles. The van der Waals surface area contributed by atoms with Crippen molar-refractivity contribution in [2.45, 2.75) is 18.9 Å². The number of hydrogen-bond acceptors (Lipinski definition) is 4. The predicted molar refractivity (Wildman–Crippen MR) is 89.9 cm³/mol. The number of hydrogen-bond donors (Lipinski definition) is 1. The van der Waals surface area contributed by atoms with Gasteiger partial charge in [-0.2, -0.15) is 10.1 Å². The van der Waals surface area contributed by atoms with E-state index in [4.69, 9.17) is 11.6 Å². The first-order chi connectivity index (χ1) is 11.1. The summed E-state index contributed by atoms with van der Waals surface area (Å²) in [5, 5.41) is 5.34. The quantitative estimate of drug-likeness (QED) is 0.785. The van der Waals surface area contributed by atoms with E-state index in [2.05, 4.69) is 26.0 Å². The topological polar surface area (TPSA) is 66.8 Å². The molecule has 1 N–H and O–H groups in total. The number of anilines is 1. The van der Waals surface area contributed by atoms with Gasteiger partial charge in [-0.1, -0.05) is 23.7 Å². The maximum absolute atomic E-state index is 12.3. The molecule has 0 bridgehead atoms. The van der Waals surface area contributed by atoms with Crippen molar-refractivity contribution in [3.05, 3.63) is 51.4 Å². The van der Waals surface area contributed by atoms with Gasteiger partial charge in [0.1, 0.15) is 5.39 Å². The summed E-state index contributed by atoms with van der Waals surface area (Å²) in [6.45, 7) is 0.851. The number of rotatable bonds is 2. The molecule has 4 rings (SSSR count). The second-order valence-corrected chi connectivity index (χ2v) is 6.24. The van der Waals surface area contributed by atoms with Crippen LogP contribution in [0.3, 0.4) is 0 Å². The molecule has 0 spiro atoms. The van der Waals surface area contributed by atoms with Crippen molar-refractivity contribution in [3.8, 4) is 0 Å². The molecule has 1 fully saturated rings. The summed E-state index contributed by atoms with van der Waals surface area (Å²) in [5.41, 5.74) is 1.58. The van der Waals surface area contributed by atoms with E-state index in [0.717, 1.165) is 30.0 Å². The summed E-state index contributed by atoms with van der Waals surface area (Å²) in [7, 11) is 1.79. The van der Waals surface area contributed by atoms with Crippen LogP contribution in [0.25, 0.3) is 11.0 Å². The lowest BCUT2D eigenvalue weighted by Crippen LogP contribution is -2.27. The van der Waals surface area contributed by atoms with Gasteiger partial charge >= 0.3 is 0 Å². The van der Waals surface area contributed by atoms with Gasteiger partial charge in [-0.3, -0.25) is 14.5 Å². The summed E-state index contributed by atoms with van der Waals surface area (Å²) >= 11 is 6.12. The molecule has 118 valence electrons. The van der Waals surface area contributed by atoms with E-state index in [1.54, 1.807) is 17.9 Å². The Morgan fingerprint density at radius 1 is 1.39 bits per heavy atom. The molecule has 0 radical (unpaired) electrons. The van der Waals surface area contributed by atoms with Crippen LogP contribution in [0.15, 0.2) is 35.3 Å². The normalized spacial score (nSPS) is 18.0. The van der Waals surface area contributed by atoms with Gasteiger partial charge in [0, 0.05) is 18.6 Å². The van der Waals surface area contributed by atoms with Crippen molar-refractivity contribution >= 4 is 28.6 Å². The first-order valence-corrected chi connectivity index (χ1v) is 7.95. The molecule has 1 aromatic carbocycles. The van der Waals surface area contributed by atoms with Crippen LogP contribution in [0.5, 0.6) is 0 Å². The Hall–Kier alpha value is -2.34. The van der Waals surface area contributed by atoms with Crippen molar-refractivity contribution in [1.29, 1.82) is 0 Å². The fourth-order valence-corrected chi connectivity index (χ4v) is 3.44. The third-order valence-electron chi connectivity index (χ3n) is 4.35. The maximum Gasteiger partial charge on any atom is 0.263 e. The van der Waals surface area contributed by atoms with E-state index in [0.29, 0.717) is 17.0 Å². The Bertz CT molecular complexity index is 932. The molecular weight excluding hydrogens is 314 g/mol. The van der Waals surface area contributed by atoms with Crippen molar-refractivity contribution < 1.29 is 0 Å². The van der Waals surface area contributed by atoms with Crippen molar-refractivity contribution in [2.24, 2.45) is 7.05 Å². The number of aromatic nitrogens is 4. The Kier molecular flexibility index (Phi) is 3.34. The molecule has 23 heavy (non-hydrogen) atoms. The average molecular weight is 330 g/mol. The molecule has 1 aliphatic rings. The fraction of sp³-hybridized carbons (Fsp3) is 0.312. The second kappa shape index (κ2) is 5.38. The number of benzene rings is 1. The van der Waals surface area contributed by atoms with Crippen LogP contribution in [0, 0.1) is 0 Å². The van der Waals surface area contributed by atoms with Crippen LogP contribution >= 0.6 is 11.6 Å². The van der Waals surface area contributed by atoms with E-state index >= 15 is 0 Å². The first-order valence-electron chi connectivity index (χ1n) is 7.57. The summed E-state index contributed by atoms with van der Waals surface area (Å²) in [5.74, 6) is 0.591. The zero-order valence-corrected chi connectivity index (χ0v) is 13.4. The minimum atomic E-state index is -0.158. The van der Waals surface area contributed by atoms with Gasteiger partial charge in [0.25, 0.3) is 5.56 Å². The van der Waals surface area contributed by atoms with Crippen LogP contribution in [-0.4, -0.2) is 26.3 Å². The highest BCUT2D eigenvalue weighted by Gasteiger charge is 2.28. The third-order valence-corrected chi connectivity index (χ3v) is 4.58. The molecule has 0 saturated carbocycles. The van der Waals surface area contributed by atoms with Crippen LogP contribution in [0.4, 0.5) is 5.95 Å². The van der Waals surface area contributed by atoms with Crippen LogP contribution < -0.4 is 10.5 Å². The van der Waals surface area contributed by atoms with Gasteiger partial charge in [-0.05, 0) is 30.5 Å². The minimum Gasteiger partial charge on any atom is -0.335 e. The van der Waals surface area contributed by atoms with Crippen LogP contribution in [-0.2, 0) is 7.05 Å². The van der Waals surface area contributed by atoms with Gasteiger partial charge in [-0.25, -0.2) is 0 Å². The van der Waals surface area contributed by atoms with E-state index in [1.807, 2.05) is 18.2 Å². The molecule has 0 unspecified atom stereocenters. The summed E-state index contributed by atoms with van der Waals surface area (Å²) in [6.07, 6.45) is 3.60. The zero-order valence-electron chi connectivity index (χ0n) is 12.7. The van der Waals surface area contributed by atoms with Gasteiger partial charge in [0.2, 0.25) is 5.95 Å². The number of nitrogens with one attached hydrogen (secondary N) is 1. The van der Waals surface area contributed by atoms with Crippen molar-refractivity contribution in [3.63, 3.8) is 0 Å².